The molecule has 0 saturated carbocycles. The summed E-state index contributed by atoms with van der Waals surface area (Å²) in [6.45, 7) is 0.0745. The average Bonchev–Trinajstić information content (AvgIpc) is 2.80. The molecular formula is C13H16N2O3S. The maximum Gasteiger partial charge on any atom is 0.239 e. The van der Waals surface area contributed by atoms with Crippen molar-refractivity contribution in [1.29, 1.82) is 0 Å². The lowest BCUT2D eigenvalue weighted by Gasteiger charge is -2.24. The zero-order chi connectivity index (χ0) is 13.8. The van der Waals surface area contributed by atoms with E-state index in [9.17, 15) is 9.59 Å². The normalized spacial score (nSPS) is 18.5. The predicted molar refractivity (Wildman–Crippen MR) is 74.0 cm³/mol. The molecule has 1 aromatic carbocycles. The molecule has 0 bridgehead atoms. The van der Waals surface area contributed by atoms with E-state index in [1.807, 2.05) is 24.3 Å². The van der Waals surface area contributed by atoms with Crippen LogP contribution in [0, 0.1) is 0 Å². The largest absolute Gasteiger partial charge is 0.496 e. The van der Waals surface area contributed by atoms with Gasteiger partial charge in [-0.1, -0.05) is 18.2 Å². The number of benzene rings is 1. The van der Waals surface area contributed by atoms with Crippen molar-refractivity contribution in [3.63, 3.8) is 0 Å². The first kappa shape index (κ1) is 13.7. The van der Waals surface area contributed by atoms with Gasteiger partial charge in [0.15, 0.2) is 0 Å². The highest BCUT2D eigenvalue weighted by atomic mass is 32.2. The van der Waals surface area contributed by atoms with E-state index in [0.29, 0.717) is 5.75 Å². The number of likely N-dealkylation sites (N-methyl/N-ethyl adjacent to an activating group) is 1. The molecule has 6 heteroatoms. The second-order valence-corrected chi connectivity index (χ2v) is 5.17. The number of thioether (sulfide) groups is 1. The van der Waals surface area contributed by atoms with Crippen LogP contribution in [0.5, 0.6) is 5.75 Å². The molecule has 2 rings (SSSR count). The van der Waals surface area contributed by atoms with Crippen LogP contribution in [-0.2, 0) is 9.59 Å². The molecular weight excluding hydrogens is 264 g/mol. The van der Waals surface area contributed by atoms with E-state index < -0.39 is 0 Å². The summed E-state index contributed by atoms with van der Waals surface area (Å²) in [5, 5.41) is 2.37. The van der Waals surface area contributed by atoms with Gasteiger partial charge in [-0.15, -0.1) is 11.8 Å². The summed E-state index contributed by atoms with van der Waals surface area (Å²) in [5.41, 5.74) is 0.921. The Labute approximate surface area is 116 Å². The molecule has 102 valence electrons. The summed E-state index contributed by atoms with van der Waals surface area (Å²) in [4.78, 5) is 25.0. The number of carbonyl (C=O) groups excluding carboxylic acids is 2. The second-order valence-electron chi connectivity index (χ2n) is 4.10. The van der Waals surface area contributed by atoms with Crippen LogP contribution >= 0.6 is 11.8 Å². The minimum atomic E-state index is -0.171. The number of carbonyl (C=O) groups is 2. The van der Waals surface area contributed by atoms with Crippen molar-refractivity contribution in [2.45, 2.75) is 5.37 Å². The third kappa shape index (κ3) is 2.84. The summed E-state index contributed by atoms with van der Waals surface area (Å²) < 4.78 is 5.32. The molecule has 0 radical (unpaired) electrons. The van der Waals surface area contributed by atoms with E-state index in [1.165, 1.54) is 11.8 Å². The fourth-order valence-corrected chi connectivity index (χ4v) is 3.20. The molecule has 1 aliphatic rings. The van der Waals surface area contributed by atoms with E-state index >= 15 is 0 Å². The summed E-state index contributed by atoms with van der Waals surface area (Å²) >= 11 is 1.51. The smallest absolute Gasteiger partial charge is 0.239 e. The van der Waals surface area contributed by atoms with Gasteiger partial charge in [-0.2, -0.15) is 0 Å². The number of amides is 2. The van der Waals surface area contributed by atoms with Crippen molar-refractivity contribution in [1.82, 2.24) is 10.2 Å². The van der Waals surface area contributed by atoms with Crippen molar-refractivity contribution < 1.29 is 14.3 Å². The van der Waals surface area contributed by atoms with Crippen LogP contribution < -0.4 is 10.1 Å². The molecule has 1 N–H and O–H groups in total. The Morgan fingerprint density at radius 2 is 2.26 bits per heavy atom. The molecule has 0 aliphatic carbocycles. The van der Waals surface area contributed by atoms with E-state index in [4.69, 9.17) is 4.74 Å². The Bertz CT molecular complexity index is 493. The predicted octanol–water partition coefficient (Wildman–Crippen LogP) is 1.02. The first-order valence-corrected chi connectivity index (χ1v) is 6.96. The molecule has 1 aliphatic heterocycles. The number of nitrogens with zero attached hydrogens (tertiary/aromatic N) is 1. The SMILES string of the molecule is CNC(=O)CN1C(=O)CSC1c1ccccc1OC. The summed E-state index contributed by atoms with van der Waals surface area (Å²) in [6, 6.07) is 7.56. The van der Waals surface area contributed by atoms with Gasteiger partial charge in [-0.05, 0) is 6.07 Å². The molecule has 0 spiro atoms. The Morgan fingerprint density at radius 1 is 1.53 bits per heavy atom. The van der Waals surface area contributed by atoms with Crippen LogP contribution in [0.3, 0.4) is 0 Å². The Balaban J connectivity index is 2.27. The quantitative estimate of drug-likeness (QED) is 0.894. The first-order chi connectivity index (χ1) is 9.17. The molecule has 1 fully saturated rings. The van der Waals surface area contributed by atoms with Gasteiger partial charge in [0, 0.05) is 12.6 Å². The van der Waals surface area contributed by atoms with Crippen LogP contribution in [0.4, 0.5) is 0 Å². The van der Waals surface area contributed by atoms with Gasteiger partial charge >= 0.3 is 0 Å². The third-order valence-corrected chi connectivity index (χ3v) is 4.20. The number of rotatable bonds is 4. The topological polar surface area (TPSA) is 58.6 Å². The molecule has 0 aromatic heterocycles. The van der Waals surface area contributed by atoms with Crippen molar-refractivity contribution in [3.05, 3.63) is 29.8 Å². The third-order valence-electron chi connectivity index (χ3n) is 2.97. The Kier molecular flexibility index (Phi) is 4.31. The standard InChI is InChI=1S/C13H16N2O3S/c1-14-11(16)7-15-12(17)8-19-13(15)9-5-3-4-6-10(9)18-2/h3-6,13H,7-8H2,1-2H3,(H,14,16). The van der Waals surface area contributed by atoms with E-state index in [0.717, 1.165) is 11.3 Å². The van der Waals surface area contributed by atoms with Gasteiger partial charge in [-0.25, -0.2) is 0 Å². The van der Waals surface area contributed by atoms with Crippen LogP contribution in [0.1, 0.15) is 10.9 Å². The highest BCUT2D eigenvalue weighted by Gasteiger charge is 2.35. The minimum Gasteiger partial charge on any atom is -0.496 e. The van der Waals surface area contributed by atoms with E-state index in [2.05, 4.69) is 5.32 Å². The molecule has 19 heavy (non-hydrogen) atoms. The van der Waals surface area contributed by atoms with Crippen LogP contribution in [0.15, 0.2) is 24.3 Å². The maximum atomic E-state index is 11.9. The number of para-hydroxylation sites is 1. The number of ether oxygens (including phenoxy) is 1. The van der Waals surface area contributed by atoms with Gasteiger partial charge in [0.1, 0.15) is 17.7 Å². The number of hydrogen-bond donors (Lipinski definition) is 1. The molecule has 2 amide bonds. The fraction of sp³-hybridized carbons (Fsp3) is 0.385. The van der Waals surface area contributed by atoms with Crippen LogP contribution in [-0.4, -0.2) is 43.2 Å². The number of methoxy groups -OCH3 is 1. The number of nitrogens with one attached hydrogen (secondary N) is 1. The lowest BCUT2D eigenvalue weighted by Crippen LogP contribution is -2.38. The highest BCUT2D eigenvalue weighted by Crippen LogP contribution is 2.41. The monoisotopic (exact) mass is 280 g/mol. The van der Waals surface area contributed by atoms with Crippen molar-refractivity contribution in [3.8, 4) is 5.75 Å². The maximum absolute atomic E-state index is 11.9. The second kappa shape index (κ2) is 5.97. The fourth-order valence-electron chi connectivity index (χ4n) is 1.99. The van der Waals surface area contributed by atoms with Gasteiger partial charge in [-0.3, -0.25) is 9.59 Å². The van der Waals surface area contributed by atoms with Crippen LogP contribution in [0.25, 0.3) is 0 Å². The lowest BCUT2D eigenvalue weighted by molar-refractivity contribution is -0.133. The Morgan fingerprint density at radius 3 is 2.95 bits per heavy atom. The van der Waals surface area contributed by atoms with E-state index in [1.54, 1.807) is 19.1 Å². The molecule has 1 unspecified atom stereocenters. The van der Waals surface area contributed by atoms with Crippen LogP contribution in [0.2, 0.25) is 0 Å². The summed E-state index contributed by atoms with van der Waals surface area (Å²) in [6.07, 6.45) is 0. The zero-order valence-electron chi connectivity index (χ0n) is 10.9. The van der Waals surface area contributed by atoms with Gasteiger partial charge in [0.05, 0.1) is 12.9 Å². The average molecular weight is 280 g/mol. The number of hydrogen-bond acceptors (Lipinski definition) is 4. The molecule has 1 atom stereocenters. The molecule has 5 nitrogen and oxygen atoms in total. The van der Waals surface area contributed by atoms with Gasteiger partial charge < -0.3 is 15.0 Å². The Hall–Kier alpha value is -1.69. The van der Waals surface area contributed by atoms with Crippen molar-refractivity contribution in [2.75, 3.05) is 26.5 Å². The summed E-state index contributed by atoms with van der Waals surface area (Å²) in [5.74, 6) is 0.927. The van der Waals surface area contributed by atoms with Crippen molar-refractivity contribution in [2.24, 2.45) is 0 Å². The molecule has 1 saturated heterocycles. The minimum absolute atomic E-state index is 0.0236. The molecule has 1 heterocycles. The summed E-state index contributed by atoms with van der Waals surface area (Å²) in [7, 11) is 3.16. The first-order valence-electron chi connectivity index (χ1n) is 5.92. The lowest BCUT2D eigenvalue weighted by atomic mass is 10.2. The van der Waals surface area contributed by atoms with Crippen molar-refractivity contribution >= 4 is 23.6 Å². The van der Waals surface area contributed by atoms with Gasteiger partial charge in [0.2, 0.25) is 11.8 Å². The van der Waals surface area contributed by atoms with Gasteiger partial charge in [0.25, 0.3) is 0 Å². The van der Waals surface area contributed by atoms with E-state index in [-0.39, 0.29) is 23.7 Å². The zero-order valence-corrected chi connectivity index (χ0v) is 11.7. The molecule has 1 aromatic rings. The highest BCUT2D eigenvalue weighted by molar-refractivity contribution is 8.00.